The maximum atomic E-state index is 12.6. The summed E-state index contributed by atoms with van der Waals surface area (Å²) in [7, 11) is -3.50. The first kappa shape index (κ1) is 19.6. The molecule has 0 unspecified atom stereocenters. The van der Waals surface area contributed by atoms with Crippen molar-refractivity contribution >= 4 is 33.2 Å². The second kappa shape index (κ2) is 8.24. The summed E-state index contributed by atoms with van der Waals surface area (Å²) in [6, 6.07) is 4.95. The predicted molar refractivity (Wildman–Crippen MR) is 100 cm³/mol. The van der Waals surface area contributed by atoms with Crippen molar-refractivity contribution < 1.29 is 22.4 Å². The molecule has 0 aromatic carbocycles. The SMILES string of the molecule is Cc1ccc(S(=O)(=O)N2CCN(C(=O)CCNC(=O)c3ccoc3)CC2)s1. The van der Waals surface area contributed by atoms with Gasteiger partial charge in [-0.1, -0.05) is 0 Å². The van der Waals surface area contributed by atoms with Gasteiger partial charge in [-0.25, -0.2) is 8.42 Å². The number of furan rings is 1. The average Bonchev–Trinajstić information content (AvgIpc) is 3.33. The van der Waals surface area contributed by atoms with E-state index in [1.807, 2.05) is 6.92 Å². The van der Waals surface area contributed by atoms with E-state index in [9.17, 15) is 18.0 Å². The van der Waals surface area contributed by atoms with Crippen LogP contribution >= 0.6 is 11.3 Å². The zero-order valence-corrected chi connectivity index (χ0v) is 16.5. The molecule has 2 aromatic rings. The van der Waals surface area contributed by atoms with E-state index in [4.69, 9.17) is 4.42 Å². The second-order valence-electron chi connectivity index (χ2n) is 6.17. The first-order chi connectivity index (χ1) is 12.9. The van der Waals surface area contributed by atoms with Crippen LogP contribution in [-0.2, 0) is 14.8 Å². The molecule has 1 fully saturated rings. The molecule has 1 aliphatic heterocycles. The van der Waals surface area contributed by atoms with Gasteiger partial charge in [0.05, 0.1) is 11.8 Å². The number of rotatable bonds is 6. The van der Waals surface area contributed by atoms with Gasteiger partial charge in [-0.2, -0.15) is 4.31 Å². The van der Waals surface area contributed by atoms with E-state index in [2.05, 4.69) is 5.32 Å². The van der Waals surface area contributed by atoms with Crippen molar-refractivity contribution in [2.24, 2.45) is 0 Å². The van der Waals surface area contributed by atoms with Crippen LogP contribution < -0.4 is 5.32 Å². The van der Waals surface area contributed by atoms with Crippen LogP contribution in [0.5, 0.6) is 0 Å². The normalized spacial score (nSPS) is 15.7. The largest absolute Gasteiger partial charge is 0.472 e. The molecule has 8 nitrogen and oxygen atoms in total. The van der Waals surface area contributed by atoms with Gasteiger partial charge in [0.2, 0.25) is 5.91 Å². The first-order valence-corrected chi connectivity index (χ1v) is 10.8. The highest BCUT2D eigenvalue weighted by Gasteiger charge is 2.30. The third-order valence-electron chi connectivity index (χ3n) is 4.31. The molecule has 1 aliphatic rings. The standard InChI is InChI=1S/C17H21N3O5S2/c1-13-2-3-16(26-13)27(23,24)20-9-7-19(8-10-20)15(21)4-6-18-17(22)14-5-11-25-12-14/h2-3,5,11-12H,4,6-10H2,1H3,(H,18,22). The molecule has 27 heavy (non-hydrogen) atoms. The lowest BCUT2D eigenvalue weighted by atomic mass is 10.3. The molecule has 1 saturated heterocycles. The van der Waals surface area contributed by atoms with Crippen LogP contribution in [0, 0.1) is 6.92 Å². The summed E-state index contributed by atoms with van der Waals surface area (Å²) >= 11 is 1.25. The molecule has 2 amide bonds. The molecular weight excluding hydrogens is 390 g/mol. The molecule has 3 heterocycles. The number of hydrogen-bond donors (Lipinski definition) is 1. The Hall–Kier alpha value is -2.17. The van der Waals surface area contributed by atoms with Gasteiger partial charge in [-0.15, -0.1) is 11.3 Å². The van der Waals surface area contributed by atoms with Gasteiger partial charge in [0.25, 0.3) is 15.9 Å². The lowest BCUT2D eigenvalue weighted by molar-refractivity contribution is -0.132. The summed E-state index contributed by atoms with van der Waals surface area (Å²) in [5.41, 5.74) is 0.407. The fraction of sp³-hybridized carbons (Fsp3) is 0.412. The highest BCUT2D eigenvalue weighted by Crippen LogP contribution is 2.25. The van der Waals surface area contributed by atoms with Gasteiger partial charge < -0.3 is 14.6 Å². The summed E-state index contributed by atoms with van der Waals surface area (Å²) in [5.74, 6) is -0.398. The minimum absolute atomic E-state index is 0.105. The molecule has 0 atom stereocenters. The van der Waals surface area contributed by atoms with Crippen molar-refractivity contribution in [2.75, 3.05) is 32.7 Å². The lowest BCUT2D eigenvalue weighted by Crippen LogP contribution is -2.50. The van der Waals surface area contributed by atoms with Crippen molar-refractivity contribution in [3.8, 4) is 0 Å². The van der Waals surface area contributed by atoms with E-state index < -0.39 is 10.0 Å². The van der Waals surface area contributed by atoms with Crippen molar-refractivity contribution in [3.63, 3.8) is 0 Å². The number of amides is 2. The third kappa shape index (κ3) is 4.57. The number of aryl methyl sites for hydroxylation is 1. The van der Waals surface area contributed by atoms with E-state index >= 15 is 0 Å². The minimum atomic E-state index is -3.50. The van der Waals surface area contributed by atoms with Crippen molar-refractivity contribution in [1.82, 2.24) is 14.5 Å². The number of hydrogen-bond acceptors (Lipinski definition) is 6. The van der Waals surface area contributed by atoms with Crippen LogP contribution in [0.25, 0.3) is 0 Å². The Kier molecular flexibility index (Phi) is 5.98. The van der Waals surface area contributed by atoms with Gasteiger partial charge in [-0.3, -0.25) is 9.59 Å². The Bertz CT molecular complexity index is 897. The van der Waals surface area contributed by atoms with Gasteiger partial charge in [0.15, 0.2) is 0 Å². The lowest BCUT2D eigenvalue weighted by Gasteiger charge is -2.33. The van der Waals surface area contributed by atoms with E-state index in [1.54, 1.807) is 23.1 Å². The van der Waals surface area contributed by atoms with Crippen molar-refractivity contribution in [3.05, 3.63) is 41.2 Å². The molecule has 0 spiro atoms. The Morgan fingerprint density at radius 2 is 1.93 bits per heavy atom. The topological polar surface area (TPSA) is 99.9 Å². The summed E-state index contributed by atoms with van der Waals surface area (Å²) in [4.78, 5) is 26.6. The summed E-state index contributed by atoms with van der Waals surface area (Å²) in [5, 5.41) is 2.66. The Labute approximate surface area is 161 Å². The van der Waals surface area contributed by atoms with E-state index in [-0.39, 0.29) is 37.9 Å². The number of nitrogens with zero attached hydrogens (tertiary/aromatic N) is 2. The van der Waals surface area contributed by atoms with Crippen LogP contribution in [0.2, 0.25) is 0 Å². The maximum absolute atomic E-state index is 12.6. The van der Waals surface area contributed by atoms with Crippen LogP contribution in [0.1, 0.15) is 21.7 Å². The fourth-order valence-corrected chi connectivity index (χ4v) is 5.65. The zero-order chi connectivity index (χ0) is 19.4. The second-order valence-corrected chi connectivity index (χ2v) is 9.62. The van der Waals surface area contributed by atoms with Crippen LogP contribution in [0.4, 0.5) is 0 Å². The zero-order valence-electron chi connectivity index (χ0n) is 14.9. The molecule has 0 bridgehead atoms. The van der Waals surface area contributed by atoms with Gasteiger partial charge in [-0.05, 0) is 25.1 Å². The van der Waals surface area contributed by atoms with Crippen LogP contribution in [0.15, 0.2) is 39.4 Å². The van der Waals surface area contributed by atoms with E-state index in [0.717, 1.165) is 4.88 Å². The van der Waals surface area contributed by atoms with Crippen LogP contribution in [-0.4, -0.2) is 62.2 Å². The monoisotopic (exact) mass is 411 g/mol. The van der Waals surface area contributed by atoms with Gasteiger partial charge >= 0.3 is 0 Å². The third-order valence-corrected chi connectivity index (χ3v) is 7.68. The highest BCUT2D eigenvalue weighted by atomic mass is 32.2. The molecule has 1 N–H and O–H groups in total. The summed E-state index contributed by atoms with van der Waals surface area (Å²) in [6.45, 7) is 3.32. The molecule has 0 aliphatic carbocycles. The number of piperazine rings is 1. The van der Waals surface area contributed by atoms with Crippen molar-refractivity contribution in [1.29, 1.82) is 0 Å². The molecular formula is C17H21N3O5S2. The van der Waals surface area contributed by atoms with Crippen LogP contribution in [0.3, 0.4) is 0 Å². The van der Waals surface area contributed by atoms with Gasteiger partial charge in [0.1, 0.15) is 10.5 Å². The van der Waals surface area contributed by atoms with Gasteiger partial charge in [0, 0.05) is 44.0 Å². The molecule has 10 heteroatoms. The Morgan fingerprint density at radius 1 is 1.19 bits per heavy atom. The number of carbonyl (C=O) groups excluding carboxylic acids is 2. The molecule has 3 rings (SSSR count). The van der Waals surface area contributed by atoms with Crippen molar-refractivity contribution in [2.45, 2.75) is 17.6 Å². The molecule has 146 valence electrons. The summed E-state index contributed by atoms with van der Waals surface area (Å²) < 4.78 is 31.8. The maximum Gasteiger partial charge on any atom is 0.254 e. The molecule has 2 aromatic heterocycles. The van der Waals surface area contributed by atoms with E-state index in [0.29, 0.717) is 22.9 Å². The molecule has 0 saturated carbocycles. The first-order valence-electron chi connectivity index (χ1n) is 8.52. The fourth-order valence-electron chi connectivity index (χ4n) is 2.79. The predicted octanol–water partition coefficient (Wildman–Crippen LogP) is 1.30. The number of sulfonamides is 1. The smallest absolute Gasteiger partial charge is 0.254 e. The summed E-state index contributed by atoms with van der Waals surface area (Å²) in [6.07, 6.45) is 2.91. The Balaban J connectivity index is 1.46. The average molecular weight is 412 g/mol. The van der Waals surface area contributed by atoms with E-state index in [1.165, 1.54) is 28.2 Å². The highest BCUT2D eigenvalue weighted by molar-refractivity contribution is 7.91. The molecule has 0 radical (unpaired) electrons. The Morgan fingerprint density at radius 3 is 2.52 bits per heavy atom. The minimum Gasteiger partial charge on any atom is -0.472 e. The number of nitrogens with one attached hydrogen (secondary N) is 1. The number of thiophene rings is 1. The number of carbonyl (C=O) groups is 2. The quantitative estimate of drug-likeness (QED) is 0.772.